The van der Waals surface area contributed by atoms with Crippen LogP contribution in [0.25, 0.3) is 16.6 Å². The summed E-state index contributed by atoms with van der Waals surface area (Å²) in [6.45, 7) is 4.15. The summed E-state index contributed by atoms with van der Waals surface area (Å²) in [6.07, 6.45) is 6.12. The van der Waals surface area contributed by atoms with Gasteiger partial charge >= 0.3 is 0 Å². The molecule has 2 atom stereocenters. The molecule has 8 heteroatoms. The van der Waals surface area contributed by atoms with Crippen molar-refractivity contribution in [3.8, 4) is 0 Å². The Balaban J connectivity index is 1.37. The highest BCUT2D eigenvalue weighted by molar-refractivity contribution is 6.30. The molecular formula is C25H27ClFN5O. The zero-order valence-electron chi connectivity index (χ0n) is 18.6. The molecule has 0 bridgehead atoms. The van der Waals surface area contributed by atoms with Gasteiger partial charge in [0.2, 0.25) is 5.91 Å². The highest BCUT2D eigenvalue weighted by Gasteiger charge is 2.27. The van der Waals surface area contributed by atoms with E-state index in [1.165, 1.54) is 11.6 Å². The van der Waals surface area contributed by atoms with Crippen LogP contribution in [-0.2, 0) is 4.79 Å². The number of piperidine rings is 1. The van der Waals surface area contributed by atoms with Crippen LogP contribution in [0, 0.1) is 5.82 Å². The topological polar surface area (TPSA) is 63.1 Å². The number of carbonyl (C=O) groups excluding carboxylic acids is 1. The molecule has 6 nitrogen and oxygen atoms in total. The van der Waals surface area contributed by atoms with Crippen molar-refractivity contribution in [2.75, 3.05) is 19.6 Å². The van der Waals surface area contributed by atoms with Crippen molar-refractivity contribution in [2.24, 2.45) is 0 Å². The van der Waals surface area contributed by atoms with Gasteiger partial charge in [0.25, 0.3) is 0 Å². The first-order chi connectivity index (χ1) is 16.0. The van der Waals surface area contributed by atoms with Crippen molar-refractivity contribution in [2.45, 2.75) is 44.7 Å². The molecule has 5 rings (SSSR count). The van der Waals surface area contributed by atoms with E-state index >= 15 is 0 Å². The number of hydrogen-bond donors (Lipinski definition) is 1. The van der Waals surface area contributed by atoms with Crippen LogP contribution in [0.5, 0.6) is 0 Å². The fourth-order valence-electron chi connectivity index (χ4n) is 4.81. The number of fused-ring (bicyclic) bond motifs is 1. The van der Waals surface area contributed by atoms with Gasteiger partial charge in [-0.25, -0.2) is 9.07 Å². The minimum absolute atomic E-state index is 0.0415. The predicted octanol–water partition coefficient (Wildman–Crippen LogP) is 4.59. The molecule has 2 aliphatic rings. The maximum Gasteiger partial charge on any atom is 0.239 e. The number of halogens is 2. The van der Waals surface area contributed by atoms with Gasteiger partial charge in [-0.05, 0) is 68.1 Å². The van der Waals surface area contributed by atoms with Gasteiger partial charge in [0.15, 0.2) is 0 Å². The molecule has 1 N–H and O–H groups in total. The lowest BCUT2D eigenvalue weighted by Crippen LogP contribution is -2.49. The minimum Gasteiger partial charge on any atom is -0.337 e. The van der Waals surface area contributed by atoms with Gasteiger partial charge < -0.3 is 10.2 Å². The molecule has 1 amide bonds. The minimum atomic E-state index is -0.359. The molecule has 3 heterocycles. The average Bonchev–Trinajstić information content (AvgIpc) is 3.27. The molecule has 3 aromatic rings. The van der Waals surface area contributed by atoms with Crippen LogP contribution < -0.4 is 5.32 Å². The number of amides is 1. The molecule has 2 aromatic carbocycles. The number of aromatic nitrogens is 3. The number of nitrogens with one attached hydrogen (secondary N) is 1. The van der Waals surface area contributed by atoms with E-state index < -0.39 is 0 Å². The lowest BCUT2D eigenvalue weighted by atomic mass is 9.97. The van der Waals surface area contributed by atoms with E-state index in [1.54, 1.807) is 16.8 Å². The van der Waals surface area contributed by atoms with E-state index in [-0.39, 0.29) is 23.8 Å². The fraction of sp³-hybridized carbons (Fsp3) is 0.400. The van der Waals surface area contributed by atoms with E-state index in [9.17, 15) is 9.18 Å². The third-order valence-corrected chi connectivity index (χ3v) is 6.99. The van der Waals surface area contributed by atoms with E-state index in [1.807, 2.05) is 24.0 Å². The van der Waals surface area contributed by atoms with Gasteiger partial charge in [-0.15, -0.1) is 5.10 Å². The molecule has 1 aromatic heterocycles. The quantitative estimate of drug-likeness (QED) is 0.609. The first-order valence-corrected chi connectivity index (χ1v) is 11.9. The summed E-state index contributed by atoms with van der Waals surface area (Å²) in [7, 11) is 0. The molecular weight excluding hydrogens is 441 g/mol. The number of benzene rings is 2. The Hall–Kier alpha value is -2.77. The summed E-state index contributed by atoms with van der Waals surface area (Å²) < 4.78 is 16.3. The van der Waals surface area contributed by atoms with E-state index in [2.05, 4.69) is 27.8 Å². The zero-order valence-corrected chi connectivity index (χ0v) is 19.4. The van der Waals surface area contributed by atoms with Crippen molar-refractivity contribution in [3.63, 3.8) is 0 Å². The second-order valence-electron chi connectivity index (χ2n) is 8.85. The van der Waals surface area contributed by atoms with Gasteiger partial charge in [-0.2, -0.15) is 0 Å². The zero-order chi connectivity index (χ0) is 22.9. The maximum absolute atomic E-state index is 14.5. The molecule has 172 valence electrons. The smallest absolute Gasteiger partial charge is 0.239 e. The second kappa shape index (κ2) is 9.23. The number of rotatable bonds is 4. The largest absolute Gasteiger partial charge is 0.337 e. The van der Waals surface area contributed by atoms with Crippen molar-refractivity contribution < 1.29 is 9.18 Å². The Kier molecular flexibility index (Phi) is 6.17. The highest BCUT2D eigenvalue weighted by Crippen LogP contribution is 2.29. The van der Waals surface area contributed by atoms with E-state index in [4.69, 9.17) is 11.6 Å². The SMILES string of the molecule is CC(c1ccc(Cl)cc1F)n1nnc2ccc(C3=CCN(C(=O)[C@H]4CCCCN4)CC3)cc21. The molecule has 0 radical (unpaired) electrons. The fourth-order valence-corrected chi connectivity index (χ4v) is 4.97. The second-order valence-corrected chi connectivity index (χ2v) is 9.28. The van der Waals surface area contributed by atoms with Gasteiger partial charge in [0, 0.05) is 23.7 Å². The molecule has 2 aliphatic heterocycles. The molecule has 0 spiro atoms. The van der Waals surface area contributed by atoms with Crippen molar-refractivity contribution in [3.05, 3.63) is 64.4 Å². The predicted molar refractivity (Wildman–Crippen MR) is 128 cm³/mol. The van der Waals surface area contributed by atoms with Crippen molar-refractivity contribution >= 4 is 34.1 Å². The summed E-state index contributed by atoms with van der Waals surface area (Å²) in [4.78, 5) is 14.8. The third kappa shape index (κ3) is 4.39. The first kappa shape index (κ1) is 22.0. The maximum atomic E-state index is 14.5. The average molecular weight is 468 g/mol. The summed E-state index contributed by atoms with van der Waals surface area (Å²) in [5.41, 5.74) is 4.41. The van der Waals surface area contributed by atoms with Gasteiger partial charge in [-0.3, -0.25) is 4.79 Å². The van der Waals surface area contributed by atoms with Gasteiger partial charge in [0.05, 0.1) is 17.6 Å². The summed E-state index contributed by atoms with van der Waals surface area (Å²) in [5, 5.41) is 12.3. The van der Waals surface area contributed by atoms with Crippen LogP contribution in [0.15, 0.2) is 42.5 Å². The Morgan fingerprint density at radius 3 is 2.85 bits per heavy atom. The monoisotopic (exact) mass is 467 g/mol. The Morgan fingerprint density at radius 2 is 2.12 bits per heavy atom. The van der Waals surface area contributed by atoms with Crippen molar-refractivity contribution in [1.82, 2.24) is 25.2 Å². The van der Waals surface area contributed by atoms with Crippen LogP contribution >= 0.6 is 11.6 Å². The standard InChI is InChI=1S/C25H27ClFN5O/c1-16(20-7-6-19(26)15-21(20)27)32-24-14-18(5-8-22(24)29-30-32)17-9-12-31(13-10-17)25(33)23-4-2-3-11-28-23/h5-9,14-16,23,28H,2-4,10-13H2,1H3/t16?,23-/m1/s1. The Bertz CT molecular complexity index is 1220. The number of nitrogens with zero attached hydrogens (tertiary/aromatic N) is 4. The lowest BCUT2D eigenvalue weighted by molar-refractivity contribution is -0.133. The van der Waals surface area contributed by atoms with Crippen LogP contribution in [0.2, 0.25) is 5.02 Å². The normalized spacial score (nSPS) is 20.0. The van der Waals surface area contributed by atoms with Crippen molar-refractivity contribution in [1.29, 1.82) is 0 Å². The molecule has 33 heavy (non-hydrogen) atoms. The summed E-state index contributed by atoms with van der Waals surface area (Å²) in [5.74, 6) is -0.149. The van der Waals surface area contributed by atoms with Crippen LogP contribution in [0.4, 0.5) is 4.39 Å². The summed E-state index contributed by atoms with van der Waals surface area (Å²) in [6, 6.07) is 10.4. The van der Waals surface area contributed by atoms with Crippen LogP contribution in [-0.4, -0.2) is 51.5 Å². The van der Waals surface area contributed by atoms with E-state index in [0.717, 1.165) is 48.8 Å². The molecule has 0 saturated carbocycles. The first-order valence-electron chi connectivity index (χ1n) is 11.5. The Morgan fingerprint density at radius 1 is 1.24 bits per heavy atom. The highest BCUT2D eigenvalue weighted by atomic mass is 35.5. The van der Waals surface area contributed by atoms with Crippen LogP contribution in [0.1, 0.15) is 49.8 Å². The lowest BCUT2D eigenvalue weighted by Gasteiger charge is -2.32. The van der Waals surface area contributed by atoms with Crippen LogP contribution in [0.3, 0.4) is 0 Å². The van der Waals surface area contributed by atoms with E-state index in [0.29, 0.717) is 23.7 Å². The number of hydrogen-bond acceptors (Lipinski definition) is 4. The summed E-state index contributed by atoms with van der Waals surface area (Å²) >= 11 is 5.91. The Labute approximate surface area is 197 Å². The molecule has 1 unspecified atom stereocenters. The molecule has 1 saturated heterocycles. The third-order valence-electron chi connectivity index (χ3n) is 6.75. The van der Waals surface area contributed by atoms with Gasteiger partial charge in [0.1, 0.15) is 11.3 Å². The van der Waals surface area contributed by atoms with Gasteiger partial charge in [-0.1, -0.05) is 41.4 Å². The number of carbonyl (C=O) groups is 1. The molecule has 0 aliphatic carbocycles. The molecule has 1 fully saturated rings.